The molecule has 0 radical (unpaired) electrons. The lowest BCUT2D eigenvalue weighted by Crippen LogP contribution is -2.05. The molecule has 0 amide bonds. The Morgan fingerprint density at radius 2 is 1.67 bits per heavy atom. The average molecular weight is 486 g/mol. The summed E-state index contributed by atoms with van der Waals surface area (Å²) in [4.78, 5) is 12.8. The topological polar surface area (TPSA) is 48.7 Å². The predicted molar refractivity (Wildman–Crippen MR) is 122 cm³/mol. The molecule has 3 aromatic carbocycles. The van der Waals surface area contributed by atoms with E-state index >= 15 is 0 Å². The van der Waals surface area contributed by atoms with Crippen LogP contribution in [-0.4, -0.2) is 0 Å². The van der Waals surface area contributed by atoms with Crippen LogP contribution in [0.2, 0.25) is 5.02 Å². The van der Waals surface area contributed by atoms with Crippen molar-refractivity contribution in [1.29, 1.82) is 0 Å². The molecule has 0 atom stereocenters. The van der Waals surface area contributed by atoms with Gasteiger partial charge in [-0.15, -0.1) is 0 Å². The van der Waals surface area contributed by atoms with Crippen LogP contribution in [0, 0.1) is 13.8 Å². The first kappa shape index (κ1) is 20.5. The van der Waals surface area contributed by atoms with Crippen LogP contribution in [0.4, 0.5) is 0 Å². The van der Waals surface area contributed by atoms with Gasteiger partial charge in [0.25, 0.3) is 0 Å². The van der Waals surface area contributed by atoms with E-state index in [1.54, 1.807) is 30.3 Å². The zero-order chi connectivity index (χ0) is 21.3. The fraction of sp³-hybridized carbons (Fsp3) is 0.125. The maximum absolute atomic E-state index is 12.8. The Kier molecular flexibility index (Phi) is 5.84. The molecular formula is C24H18BrClO4. The summed E-state index contributed by atoms with van der Waals surface area (Å²) >= 11 is 9.61. The summed E-state index contributed by atoms with van der Waals surface area (Å²) in [5.41, 5.74) is 2.98. The van der Waals surface area contributed by atoms with Crippen molar-refractivity contribution >= 4 is 38.5 Å². The standard InChI is InChI=1S/C24H18BrClO4/c1-14-9-19(10-15(2)23(14)26)30-22-13-29-21-11-18(7-8-20(21)24(22)27)28-12-16-3-5-17(25)6-4-16/h3-11,13H,12H2,1-2H3. The fourth-order valence-corrected chi connectivity index (χ4v) is 3.46. The molecule has 0 fully saturated rings. The minimum absolute atomic E-state index is 0.118. The Morgan fingerprint density at radius 1 is 0.967 bits per heavy atom. The molecule has 4 aromatic rings. The number of halogens is 2. The van der Waals surface area contributed by atoms with Gasteiger partial charge in [-0.05, 0) is 66.9 Å². The Hall–Kier alpha value is -2.76. The van der Waals surface area contributed by atoms with Crippen LogP contribution in [0.1, 0.15) is 16.7 Å². The second-order valence-corrected chi connectivity index (χ2v) is 8.27. The van der Waals surface area contributed by atoms with Crippen LogP contribution in [-0.2, 0) is 6.61 Å². The second kappa shape index (κ2) is 8.54. The molecule has 0 aliphatic carbocycles. The van der Waals surface area contributed by atoms with E-state index in [-0.39, 0.29) is 11.2 Å². The first-order chi connectivity index (χ1) is 14.4. The SMILES string of the molecule is Cc1cc(Oc2coc3cc(OCc4ccc(Br)cc4)ccc3c2=O)cc(C)c1Cl. The average Bonchev–Trinajstić information content (AvgIpc) is 2.73. The third-order valence-electron chi connectivity index (χ3n) is 4.67. The number of hydrogen-bond acceptors (Lipinski definition) is 4. The van der Waals surface area contributed by atoms with Crippen molar-refractivity contribution < 1.29 is 13.9 Å². The number of rotatable bonds is 5. The Balaban J connectivity index is 1.56. The van der Waals surface area contributed by atoms with Crippen molar-refractivity contribution in [3.63, 3.8) is 0 Å². The molecule has 6 heteroatoms. The van der Waals surface area contributed by atoms with Gasteiger partial charge in [0.1, 0.15) is 30.0 Å². The summed E-state index contributed by atoms with van der Waals surface area (Å²) in [6.45, 7) is 4.20. The van der Waals surface area contributed by atoms with Gasteiger partial charge in [0, 0.05) is 15.6 Å². The van der Waals surface area contributed by atoms with Crippen molar-refractivity contribution in [3.8, 4) is 17.2 Å². The Morgan fingerprint density at radius 3 is 2.37 bits per heavy atom. The molecule has 0 aliphatic heterocycles. The lowest BCUT2D eigenvalue weighted by atomic mass is 10.1. The maximum atomic E-state index is 12.8. The normalized spacial score (nSPS) is 10.9. The first-order valence-corrected chi connectivity index (χ1v) is 10.5. The van der Waals surface area contributed by atoms with Crippen LogP contribution >= 0.6 is 27.5 Å². The number of fused-ring (bicyclic) bond motifs is 1. The zero-order valence-electron chi connectivity index (χ0n) is 16.4. The zero-order valence-corrected chi connectivity index (χ0v) is 18.7. The lowest BCUT2D eigenvalue weighted by Gasteiger charge is -2.10. The smallest absolute Gasteiger partial charge is 0.235 e. The number of ether oxygens (including phenoxy) is 2. The second-order valence-electron chi connectivity index (χ2n) is 6.98. The maximum Gasteiger partial charge on any atom is 0.235 e. The van der Waals surface area contributed by atoms with Crippen molar-refractivity contribution in [2.24, 2.45) is 0 Å². The Bertz CT molecular complexity index is 1260. The molecule has 0 N–H and O–H groups in total. The number of hydrogen-bond donors (Lipinski definition) is 0. The molecule has 0 unspecified atom stereocenters. The molecule has 4 rings (SSSR count). The highest BCUT2D eigenvalue weighted by Gasteiger charge is 2.12. The molecule has 0 saturated carbocycles. The molecule has 30 heavy (non-hydrogen) atoms. The highest BCUT2D eigenvalue weighted by Crippen LogP contribution is 2.29. The van der Waals surface area contributed by atoms with E-state index in [1.165, 1.54) is 6.26 Å². The van der Waals surface area contributed by atoms with Crippen LogP contribution < -0.4 is 14.9 Å². The summed E-state index contributed by atoms with van der Waals surface area (Å²) < 4.78 is 18.3. The van der Waals surface area contributed by atoms with Gasteiger partial charge < -0.3 is 13.9 Å². The van der Waals surface area contributed by atoms with E-state index in [1.807, 2.05) is 38.1 Å². The van der Waals surface area contributed by atoms with Gasteiger partial charge in [0.15, 0.2) is 0 Å². The number of aryl methyl sites for hydroxylation is 2. The van der Waals surface area contributed by atoms with Gasteiger partial charge in [0.05, 0.1) is 5.39 Å². The summed E-state index contributed by atoms with van der Waals surface area (Å²) in [7, 11) is 0. The lowest BCUT2D eigenvalue weighted by molar-refractivity contribution is 0.306. The molecule has 4 nitrogen and oxygen atoms in total. The van der Waals surface area contributed by atoms with Gasteiger partial charge in [-0.2, -0.15) is 0 Å². The molecule has 0 saturated heterocycles. The van der Waals surface area contributed by atoms with E-state index in [2.05, 4.69) is 15.9 Å². The number of benzene rings is 3. The van der Waals surface area contributed by atoms with E-state index in [0.29, 0.717) is 34.1 Å². The first-order valence-electron chi connectivity index (χ1n) is 9.28. The molecule has 0 spiro atoms. The molecule has 1 aromatic heterocycles. The monoisotopic (exact) mass is 484 g/mol. The van der Waals surface area contributed by atoms with Crippen molar-refractivity contribution in [2.45, 2.75) is 20.5 Å². The summed E-state index contributed by atoms with van der Waals surface area (Å²) in [5.74, 6) is 1.27. The van der Waals surface area contributed by atoms with Gasteiger partial charge in [0.2, 0.25) is 11.2 Å². The summed E-state index contributed by atoms with van der Waals surface area (Å²) in [5, 5.41) is 1.11. The van der Waals surface area contributed by atoms with Crippen LogP contribution in [0.25, 0.3) is 11.0 Å². The van der Waals surface area contributed by atoms with Crippen molar-refractivity contribution in [3.05, 3.63) is 97.3 Å². The summed E-state index contributed by atoms with van der Waals surface area (Å²) in [6.07, 6.45) is 1.32. The molecule has 152 valence electrons. The van der Waals surface area contributed by atoms with Crippen molar-refractivity contribution in [2.75, 3.05) is 0 Å². The highest BCUT2D eigenvalue weighted by molar-refractivity contribution is 9.10. The molecule has 1 heterocycles. The minimum atomic E-state index is -0.249. The van der Waals surface area contributed by atoms with Crippen LogP contribution in [0.15, 0.2) is 74.5 Å². The molecular weight excluding hydrogens is 468 g/mol. The van der Waals surface area contributed by atoms with Gasteiger partial charge in [-0.3, -0.25) is 4.79 Å². The third kappa shape index (κ3) is 4.37. The largest absolute Gasteiger partial charge is 0.489 e. The molecule has 0 bridgehead atoms. The van der Waals surface area contributed by atoms with E-state index < -0.39 is 0 Å². The highest BCUT2D eigenvalue weighted by atomic mass is 79.9. The van der Waals surface area contributed by atoms with E-state index in [9.17, 15) is 4.79 Å². The van der Waals surface area contributed by atoms with Gasteiger partial charge in [-0.1, -0.05) is 39.7 Å². The molecule has 0 aliphatic rings. The van der Waals surface area contributed by atoms with Crippen LogP contribution in [0.3, 0.4) is 0 Å². The predicted octanol–water partition coefficient (Wildman–Crippen LogP) is 7.20. The quantitative estimate of drug-likeness (QED) is 0.300. The Labute approximate surface area is 187 Å². The van der Waals surface area contributed by atoms with Crippen LogP contribution in [0.5, 0.6) is 17.2 Å². The third-order valence-corrected chi connectivity index (χ3v) is 5.80. The van der Waals surface area contributed by atoms with Gasteiger partial charge in [-0.25, -0.2) is 0 Å². The van der Waals surface area contributed by atoms with E-state index in [0.717, 1.165) is 21.2 Å². The van der Waals surface area contributed by atoms with Crippen molar-refractivity contribution in [1.82, 2.24) is 0 Å². The summed E-state index contributed by atoms with van der Waals surface area (Å²) in [6, 6.07) is 16.6. The van der Waals surface area contributed by atoms with Gasteiger partial charge >= 0.3 is 0 Å². The van der Waals surface area contributed by atoms with E-state index in [4.69, 9.17) is 25.5 Å². The fourth-order valence-electron chi connectivity index (χ4n) is 3.09. The minimum Gasteiger partial charge on any atom is -0.489 e.